The maximum Gasteiger partial charge on any atom is 0.0931 e. The van der Waals surface area contributed by atoms with E-state index in [4.69, 9.17) is 11.6 Å². The van der Waals surface area contributed by atoms with Gasteiger partial charge in [-0.2, -0.15) is 0 Å². The van der Waals surface area contributed by atoms with Crippen molar-refractivity contribution in [3.63, 3.8) is 0 Å². The average Bonchev–Trinajstić information content (AvgIpc) is 2.63. The molecule has 1 fully saturated rings. The minimum atomic E-state index is 0.325. The Hall–Kier alpha value is -0.0900. The molecule has 0 saturated carbocycles. The Morgan fingerprint density at radius 1 is 1.47 bits per heavy atom. The van der Waals surface area contributed by atoms with Gasteiger partial charge in [0.1, 0.15) is 0 Å². The van der Waals surface area contributed by atoms with Crippen molar-refractivity contribution in [1.82, 2.24) is 10.2 Å². The molecule has 1 saturated heterocycles. The molecule has 2 heterocycles. The fraction of sp³-hybridized carbons (Fsp3) is 0.692. The van der Waals surface area contributed by atoms with Crippen molar-refractivity contribution in [3.05, 3.63) is 21.3 Å². The van der Waals surface area contributed by atoms with Crippen molar-refractivity contribution < 1.29 is 0 Å². The third-order valence-electron chi connectivity index (χ3n) is 3.31. The van der Waals surface area contributed by atoms with Crippen LogP contribution in [0.2, 0.25) is 4.34 Å². The van der Waals surface area contributed by atoms with Crippen molar-refractivity contribution in [3.8, 4) is 0 Å². The predicted molar refractivity (Wildman–Crippen MR) is 75.9 cm³/mol. The Balaban J connectivity index is 1.94. The molecular formula is C13H21ClN2S. The summed E-state index contributed by atoms with van der Waals surface area (Å²) < 4.78 is 0.891. The summed E-state index contributed by atoms with van der Waals surface area (Å²) in [4.78, 5) is 3.89. The lowest BCUT2D eigenvalue weighted by Crippen LogP contribution is -2.55. The first-order valence-electron chi connectivity index (χ1n) is 6.15. The second kappa shape index (κ2) is 5.27. The maximum absolute atomic E-state index is 5.97. The third-order valence-corrected chi connectivity index (χ3v) is 4.53. The molecule has 1 N–H and O–H groups in total. The quantitative estimate of drug-likeness (QED) is 0.889. The molecule has 1 aliphatic heterocycles. The van der Waals surface area contributed by atoms with Gasteiger partial charge in [0.05, 0.1) is 4.34 Å². The summed E-state index contributed by atoms with van der Waals surface area (Å²) >= 11 is 7.66. The van der Waals surface area contributed by atoms with Crippen LogP contribution in [0.5, 0.6) is 0 Å². The van der Waals surface area contributed by atoms with E-state index < -0.39 is 0 Å². The Labute approximate surface area is 113 Å². The zero-order valence-electron chi connectivity index (χ0n) is 10.8. The van der Waals surface area contributed by atoms with Crippen LogP contribution in [-0.2, 0) is 6.54 Å². The standard InChI is InChI=1S/C13H21ClN2S/c1-13(2,3)11-9-16(7-6-15-11)8-10-4-5-12(14)17-10/h4-5,11,15H,6-9H2,1-3H3. The van der Waals surface area contributed by atoms with E-state index in [-0.39, 0.29) is 0 Å². The SMILES string of the molecule is CC(C)(C)C1CN(Cc2ccc(Cl)s2)CCN1. The summed E-state index contributed by atoms with van der Waals surface area (Å²) in [6.07, 6.45) is 0. The maximum atomic E-state index is 5.97. The summed E-state index contributed by atoms with van der Waals surface area (Å²) in [6, 6.07) is 4.71. The smallest absolute Gasteiger partial charge is 0.0931 e. The van der Waals surface area contributed by atoms with Crippen LogP contribution in [0, 0.1) is 5.41 Å². The minimum Gasteiger partial charge on any atom is -0.311 e. The summed E-state index contributed by atoms with van der Waals surface area (Å²) in [6.45, 7) is 11.3. The molecule has 0 aliphatic carbocycles. The van der Waals surface area contributed by atoms with Crippen LogP contribution in [0.1, 0.15) is 25.6 Å². The highest BCUT2D eigenvalue weighted by Gasteiger charge is 2.29. The van der Waals surface area contributed by atoms with Gasteiger partial charge in [0, 0.05) is 37.1 Å². The van der Waals surface area contributed by atoms with E-state index in [0.29, 0.717) is 11.5 Å². The molecule has 1 aliphatic rings. The fourth-order valence-corrected chi connectivity index (χ4v) is 3.32. The second-order valence-corrected chi connectivity index (χ2v) is 7.61. The lowest BCUT2D eigenvalue weighted by Gasteiger charge is -2.40. The van der Waals surface area contributed by atoms with Gasteiger partial charge in [-0.05, 0) is 17.5 Å². The van der Waals surface area contributed by atoms with Crippen LogP contribution in [0.15, 0.2) is 12.1 Å². The lowest BCUT2D eigenvalue weighted by molar-refractivity contribution is 0.130. The molecule has 0 spiro atoms. The van der Waals surface area contributed by atoms with Gasteiger partial charge in [0.15, 0.2) is 0 Å². The average molecular weight is 273 g/mol. The lowest BCUT2D eigenvalue weighted by atomic mass is 9.85. The van der Waals surface area contributed by atoms with Gasteiger partial charge in [0.2, 0.25) is 0 Å². The summed E-state index contributed by atoms with van der Waals surface area (Å²) in [5.41, 5.74) is 0.325. The number of thiophene rings is 1. The molecule has 4 heteroatoms. The number of rotatable bonds is 2. The van der Waals surface area contributed by atoms with Crippen molar-refractivity contribution in [1.29, 1.82) is 0 Å². The highest BCUT2D eigenvalue weighted by Crippen LogP contribution is 2.25. The predicted octanol–water partition coefficient (Wildman–Crippen LogP) is 3.22. The van der Waals surface area contributed by atoms with Crippen molar-refractivity contribution in [2.45, 2.75) is 33.4 Å². The van der Waals surface area contributed by atoms with Crippen molar-refractivity contribution >= 4 is 22.9 Å². The molecule has 1 atom stereocenters. The normalized spacial score (nSPS) is 22.9. The summed E-state index contributed by atoms with van der Waals surface area (Å²) in [5.74, 6) is 0. The van der Waals surface area contributed by atoms with E-state index in [1.807, 2.05) is 6.07 Å². The third kappa shape index (κ3) is 3.68. The number of halogens is 1. The molecule has 1 aromatic rings. The van der Waals surface area contributed by atoms with Crippen LogP contribution in [0.3, 0.4) is 0 Å². The zero-order chi connectivity index (χ0) is 12.5. The molecule has 0 amide bonds. The van der Waals surface area contributed by atoms with Crippen LogP contribution in [0.25, 0.3) is 0 Å². The summed E-state index contributed by atoms with van der Waals surface area (Å²) in [7, 11) is 0. The fourth-order valence-electron chi connectivity index (χ4n) is 2.19. The van der Waals surface area contributed by atoms with Crippen LogP contribution in [0.4, 0.5) is 0 Å². The Morgan fingerprint density at radius 3 is 2.82 bits per heavy atom. The van der Waals surface area contributed by atoms with Gasteiger partial charge in [-0.1, -0.05) is 32.4 Å². The van der Waals surface area contributed by atoms with Crippen molar-refractivity contribution in [2.24, 2.45) is 5.41 Å². The van der Waals surface area contributed by atoms with E-state index in [2.05, 4.69) is 37.1 Å². The van der Waals surface area contributed by atoms with E-state index in [9.17, 15) is 0 Å². The first-order chi connectivity index (χ1) is 7.95. The number of nitrogens with one attached hydrogen (secondary N) is 1. The Kier molecular flexibility index (Phi) is 4.14. The van der Waals surface area contributed by atoms with E-state index in [1.165, 1.54) is 4.88 Å². The minimum absolute atomic E-state index is 0.325. The number of hydrogen-bond acceptors (Lipinski definition) is 3. The molecule has 2 nitrogen and oxygen atoms in total. The number of piperazine rings is 1. The first-order valence-corrected chi connectivity index (χ1v) is 7.34. The molecule has 2 rings (SSSR count). The molecule has 0 aromatic carbocycles. The molecule has 0 bridgehead atoms. The van der Waals surface area contributed by atoms with E-state index in [1.54, 1.807) is 11.3 Å². The van der Waals surface area contributed by atoms with Gasteiger partial charge < -0.3 is 5.32 Å². The van der Waals surface area contributed by atoms with E-state index >= 15 is 0 Å². The summed E-state index contributed by atoms with van der Waals surface area (Å²) in [5, 5.41) is 3.62. The second-order valence-electron chi connectivity index (χ2n) is 5.81. The van der Waals surface area contributed by atoms with Crippen LogP contribution >= 0.6 is 22.9 Å². The van der Waals surface area contributed by atoms with Gasteiger partial charge in [-0.25, -0.2) is 0 Å². The van der Waals surface area contributed by atoms with E-state index in [0.717, 1.165) is 30.5 Å². The zero-order valence-corrected chi connectivity index (χ0v) is 12.4. The molecule has 1 unspecified atom stereocenters. The highest BCUT2D eigenvalue weighted by atomic mass is 35.5. The van der Waals surface area contributed by atoms with Gasteiger partial charge >= 0.3 is 0 Å². The number of nitrogens with zero attached hydrogens (tertiary/aromatic N) is 1. The molecule has 1 aromatic heterocycles. The molecular weight excluding hydrogens is 252 g/mol. The van der Waals surface area contributed by atoms with Crippen molar-refractivity contribution in [2.75, 3.05) is 19.6 Å². The largest absolute Gasteiger partial charge is 0.311 e. The van der Waals surface area contributed by atoms with Gasteiger partial charge in [-0.15, -0.1) is 11.3 Å². The first kappa shape index (κ1) is 13.3. The van der Waals surface area contributed by atoms with Gasteiger partial charge in [-0.3, -0.25) is 4.90 Å². The Bertz CT molecular complexity index is 370. The Morgan fingerprint density at radius 2 is 2.24 bits per heavy atom. The highest BCUT2D eigenvalue weighted by molar-refractivity contribution is 7.16. The molecule has 17 heavy (non-hydrogen) atoms. The molecule has 96 valence electrons. The number of hydrogen-bond donors (Lipinski definition) is 1. The molecule has 0 radical (unpaired) electrons. The van der Waals surface area contributed by atoms with Gasteiger partial charge in [0.25, 0.3) is 0 Å². The van der Waals surface area contributed by atoms with Crippen LogP contribution < -0.4 is 5.32 Å². The monoisotopic (exact) mass is 272 g/mol. The van der Waals surface area contributed by atoms with Crippen LogP contribution in [-0.4, -0.2) is 30.6 Å². The topological polar surface area (TPSA) is 15.3 Å².